The number of halogens is 1. The number of rotatable bonds is 6. The van der Waals surface area contributed by atoms with Gasteiger partial charge >= 0.3 is 0 Å². The topological polar surface area (TPSA) is 24.1 Å². The summed E-state index contributed by atoms with van der Waals surface area (Å²) in [5, 5.41) is 7.07. The zero-order valence-corrected chi connectivity index (χ0v) is 15.7. The molecular formula is C17H19BrN2S2. The van der Waals surface area contributed by atoms with Crippen LogP contribution in [0.4, 0.5) is 5.69 Å². The van der Waals surface area contributed by atoms with E-state index < -0.39 is 0 Å². The van der Waals surface area contributed by atoms with E-state index >= 15 is 0 Å². The molecule has 0 bridgehead atoms. The summed E-state index contributed by atoms with van der Waals surface area (Å²) in [5.41, 5.74) is 3.67. The van der Waals surface area contributed by atoms with Gasteiger partial charge in [0, 0.05) is 28.2 Å². The van der Waals surface area contributed by atoms with Gasteiger partial charge in [0.1, 0.15) is 0 Å². The Bertz CT molecular complexity index is 597. The van der Waals surface area contributed by atoms with Crippen molar-refractivity contribution in [3.63, 3.8) is 0 Å². The second kappa shape index (κ2) is 9.18. The monoisotopic (exact) mass is 394 g/mol. The molecule has 0 aliphatic rings. The van der Waals surface area contributed by atoms with Crippen molar-refractivity contribution in [1.82, 2.24) is 5.32 Å². The van der Waals surface area contributed by atoms with Crippen molar-refractivity contribution in [3.05, 3.63) is 64.1 Å². The maximum absolute atomic E-state index is 5.28. The highest BCUT2D eigenvalue weighted by molar-refractivity contribution is 9.10. The Morgan fingerprint density at radius 3 is 2.45 bits per heavy atom. The third-order valence-corrected chi connectivity index (χ3v) is 4.83. The normalized spacial score (nSPS) is 10.3. The highest BCUT2D eigenvalue weighted by atomic mass is 79.9. The van der Waals surface area contributed by atoms with Gasteiger partial charge in [-0.25, -0.2) is 0 Å². The summed E-state index contributed by atoms with van der Waals surface area (Å²) in [7, 11) is 0. The summed E-state index contributed by atoms with van der Waals surface area (Å²) in [6, 6.07) is 16.7. The second-order valence-corrected chi connectivity index (χ2v) is 7.36. The van der Waals surface area contributed by atoms with E-state index in [0.717, 1.165) is 28.2 Å². The summed E-state index contributed by atoms with van der Waals surface area (Å²) < 4.78 is 1.06. The van der Waals surface area contributed by atoms with Crippen LogP contribution >= 0.6 is 39.9 Å². The molecule has 0 aliphatic carbocycles. The molecule has 2 aromatic rings. The van der Waals surface area contributed by atoms with Crippen LogP contribution in [0.5, 0.6) is 0 Å². The number of hydrogen-bond acceptors (Lipinski definition) is 2. The van der Waals surface area contributed by atoms with E-state index in [0.29, 0.717) is 5.11 Å². The summed E-state index contributed by atoms with van der Waals surface area (Å²) in [6.45, 7) is 2.97. The fourth-order valence-electron chi connectivity index (χ4n) is 1.82. The van der Waals surface area contributed by atoms with Crippen LogP contribution in [0.3, 0.4) is 0 Å². The molecule has 2 nitrogen and oxygen atoms in total. The first-order valence-corrected chi connectivity index (χ1v) is 9.43. The number of thiocarbonyl (C=S) groups is 1. The van der Waals surface area contributed by atoms with E-state index in [-0.39, 0.29) is 0 Å². The Labute approximate surface area is 150 Å². The molecule has 2 N–H and O–H groups in total. The van der Waals surface area contributed by atoms with E-state index in [1.54, 1.807) is 0 Å². The molecule has 116 valence electrons. The lowest BCUT2D eigenvalue weighted by atomic mass is 10.2. The molecule has 22 heavy (non-hydrogen) atoms. The molecule has 0 unspecified atom stereocenters. The summed E-state index contributed by atoms with van der Waals surface area (Å²) in [6.07, 6.45) is 0. The Kier molecular flexibility index (Phi) is 7.22. The van der Waals surface area contributed by atoms with Crippen LogP contribution in [-0.2, 0) is 5.75 Å². The number of hydrogen-bond donors (Lipinski definition) is 2. The van der Waals surface area contributed by atoms with E-state index in [4.69, 9.17) is 12.2 Å². The smallest absolute Gasteiger partial charge is 0.170 e. The first-order valence-electron chi connectivity index (χ1n) is 7.07. The summed E-state index contributed by atoms with van der Waals surface area (Å²) in [4.78, 5) is 0. The minimum absolute atomic E-state index is 0.665. The van der Waals surface area contributed by atoms with Gasteiger partial charge < -0.3 is 10.6 Å². The zero-order chi connectivity index (χ0) is 15.8. The van der Waals surface area contributed by atoms with Gasteiger partial charge in [-0.3, -0.25) is 0 Å². The first kappa shape index (κ1) is 17.3. The minimum atomic E-state index is 0.665. The Morgan fingerprint density at radius 1 is 1.09 bits per heavy atom. The first-order chi connectivity index (χ1) is 10.6. The van der Waals surface area contributed by atoms with E-state index in [1.165, 1.54) is 11.1 Å². The lowest BCUT2D eigenvalue weighted by Gasteiger charge is -2.10. The number of benzene rings is 2. The average molecular weight is 395 g/mol. The van der Waals surface area contributed by atoms with Crippen molar-refractivity contribution in [1.29, 1.82) is 0 Å². The van der Waals surface area contributed by atoms with Crippen molar-refractivity contribution >= 4 is 50.7 Å². The second-order valence-electron chi connectivity index (χ2n) is 4.93. The van der Waals surface area contributed by atoms with Gasteiger partial charge in [-0.2, -0.15) is 11.8 Å². The van der Waals surface area contributed by atoms with Gasteiger partial charge in [0.15, 0.2) is 5.11 Å². The van der Waals surface area contributed by atoms with Crippen molar-refractivity contribution < 1.29 is 0 Å². The van der Waals surface area contributed by atoms with Gasteiger partial charge in [0.05, 0.1) is 0 Å². The number of anilines is 1. The molecule has 0 fully saturated rings. The van der Waals surface area contributed by atoms with Crippen LogP contribution in [0.15, 0.2) is 53.0 Å². The van der Waals surface area contributed by atoms with Gasteiger partial charge in [0.2, 0.25) is 0 Å². The molecule has 0 saturated carbocycles. The average Bonchev–Trinajstić information content (AvgIpc) is 2.51. The predicted molar refractivity (Wildman–Crippen MR) is 106 cm³/mol. The summed E-state index contributed by atoms with van der Waals surface area (Å²) in [5.74, 6) is 2.06. The minimum Gasteiger partial charge on any atom is -0.362 e. The van der Waals surface area contributed by atoms with Gasteiger partial charge in [-0.05, 0) is 49.0 Å². The molecular weight excluding hydrogens is 376 g/mol. The molecule has 0 heterocycles. The maximum atomic E-state index is 5.28. The maximum Gasteiger partial charge on any atom is 0.170 e. The lowest BCUT2D eigenvalue weighted by Crippen LogP contribution is -2.30. The van der Waals surface area contributed by atoms with Crippen molar-refractivity contribution in [3.8, 4) is 0 Å². The van der Waals surface area contributed by atoms with Crippen LogP contribution in [0.25, 0.3) is 0 Å². The fourth-order valence-corrected chi connectivity index (χ4v) is 3.12. The highest BCUT2D eigenvalue weighted by Gasteiger charge is 1.98. The molecule has 0 radical (unpaired) electrons. The molecule has 0 spiro atoms. The quantitative estimate of drug-likeness (QED) is 0.532. The predicted octanol–water partition coefficient (Wildman–Crippen LogP) is 4.98. The van der Waals surface area contributed by atoms with Crippen LogP contribution < -0.4 is 10.6 Å². The fraction of sp³-hybridized carbons (Fsp3) is 0.235. The van der Waals surface area contributed by atoms with Crippen molar-refractivity contribution in [2.24, 2.45) is 0 Å². The molecule has 0 amide bonds. The third kappa shape index (κ3) is 6.38. The zero-order valence-electron chi connectivity index (χ0n) is 12.4. The molecule has 0 aliphatic heterocycles. The summed E-state index contributed by atoms with van der Waals surface area (Å²) >= 11 is 10.6. The largest absolute Gasteiger partial charge is 0.362 e. The Morgan fingerprint density at radius 2 is 1.77 bits per heavy atom. The van der Waals surface area contributed by atoms with Gasteiger partial charge in [-0.1, -0.05) is 45.8 Å². The lowest BCUT2D eigenvalue weighted by molar-refractivity contribution is 0.990. The van der Waals surface area contributed by atoms with E-state index in [9.17, 15) is 0 Å². The van der Waals surface area contributed by atoms with Crippen LogP contribution in [0, 0.1) is 6.92 Å². The third-order valence-electron chi connectivity index (χ3n) is 3.02. The molecule has 2 rings (SSSR count). The highest BCUT2D eigenvalue weighted by Crippen LogP contribution is 2.14. The molecule has 2 aromatic carbocycles. The Balaban J connectivity index is 1.61. The number of thioether (sulfide) groups is 1. The molecule has 0 atom stereocenters. The molecule has 0 saturated heterocycles. The molecule has 5 heteroatoms. The van der Waals surface area contributed by atoms with Crippen molar-refractivity contribution in [2.75, 3.05) is 17.6 Å². The van der Waals surface area contributed by atoms with Gasteiger partial charge in [0.25, 0.3) is 0 Å². The Hall–Kier alpha value is -1.04. The molecule has 0 aromatic heterocycles. The SMILES string of the molecule is Cc1ccc(CSCCNC(=S)Nc2ccc(Br)cc2)cc1. The number of aryl methyl sites for hydroxylation is 1. The standard InChI is InChI=1S/C17H19BrN2S2/c1-13-2-4-14(5-3-13)12-22-11-10-19-17(21)20-16-8-6-15(18)7-9-16/h2-9H,10-12H2,1H3,(H2,19,20,21). The van der Waals surface area contributed by atoms with Crippen LogP contribution in [0.2, 0.25) is 0 Å². The van der Waals surface area contributed by atoms with Gasteiger partial charge in [-0.15, -0.1) is 0 Å². The van der Waals surface area contributed by atoms with Crippen molar-refractivity contribution in [2.45, 2.75) is 12.7 Å². The van der Waals surface area contributed by atoms with E-state index in [1.807, 2.05) is 36.0 Å². The number of nitrogens with one attached hydrogen (secondary N) is 2. The van der Waals surface area contributed by atoms with Crippen LogP contribution in [0.1, 0.15) is 11.1 Å². The van der Waals surface area contributed by atoms with Crippen LogP contribution in [-0.4, -0.2) is 17.4 Å². The van der Waals surface area contributed by atoms with E-state index in [2.05, 4.69) is 57.8 Å².